The highest BCUT2D eigenvalue weighted by atomic mass is 16.5. The molecule has 2 amide bonds. The number of carbonyl (C=O) groups excluding carboxylic acids is 2. The van der Waals surface area contributed by atoms with E-state index in [1.165, 1.54) is 11.1 Å². The maximum absolute atomic E-state index is 12.8. The highest BCUT2D eigenvalue weighted by Crippen LogP contribution is 2.42. The van der Waals surface area contributed by atoms with Crippen molar-refractivity contribution in [1.29, 1.82) is 0 Å². The van der Waals surface area contributed by atoms with Crippen LogP contribution in [0.4, 0.5) is 5.82 Å². The van der Waals surface area contributed by atoms with E-state index < -0.39 is 5.60 Å². The summed E-state index contributed by atoms with van der Waals surface area (Å²) in [7, 11) is 5.13. The fourth-order valence-electron chi connectivity index (χ4n) is 3.47. The van der Waals surface area contributed by atoms with Gasteiger partial charge in [0.05, 0.1) is 5.56 Å². The second-order valence-corrected chi connectivity index (χ2v) is 8.51. The van der Waals surface area contributed by atoms with E-state index in [-0.39, 0.29) is 11.8 Å². The van der Waals surface area contributed by atoms with E-state index in [2.05, 4.69) is 15.4 Å². The van der Waals surface area contributed by atoms with Crippen molar-refractivity contribution in [2.24, 2.45) is 7.05 Å². The number of hydrogen-bond donors (Lipinski definition) is 1. The summed E-state index contributed by atoms with van der Waals surface area (Å²) in [4.78, 5) is 30.7. The van der Waals surface area contributed by atoms with E-state index in [1.807, 2.05) is 13.8 Å². The molecule has 1 aromatic carbocycles. The van der Waals surface area contributed by atoms with Gasteiger partial charge in [0, 0.05) is 63.2 Å². The predicted octanol–water partition coefficient (Wildman–Crippen LogP) is 3.28. The molecule has 0 radical (unpaired) electrons. The standard InChI is InChI=1S/C23H25N5O4/c1-23(2)12-16-17(31-20-7-6-14(13-24-20)22(30)27(3)4)10-15(11-18(16)32-23)21(29)25-19-8-9-28(5)26-19/h6-11,13H,12H2,1-5H3,(H,25,26,29). The summed E-state index contributed by atoms with van der Waals surface area (Å²) < 4.78 is 13.7. The number of nitrogens with zero attached hydrogens (tertiary/aromatic N) is 4. The van der Waals surface area contributed by atoms with Crippen molar-refractivity contribution in [1.82, 2.24) is 19.7 Å². The molecule has 9 nitrogen and oxygen atoms in total. The van der Waals surface area contributed by atoms with Gasteiger partial charge in [-0.3, -0.25) is 14.3 Å². The Bertz CT molecular complexity index is 1180. The number of hydrogen-bond acceptors (Lipinski definition) is 6. The van der Waals surface area contributed by atoms with Gasteiger partial charge in [-0.2, -0.15) is 5.10 Å². The van der Waals surface area contributed by atoms with Gasteiger partial charge in [0.25, 0.3) is 11.8 Å². The quantitative estimate of drug-likeness (QED) is 0.660. The molecule has 0 atom stereocenters. The third-order valence-corrected chi connectivity index (χ3v) is 4.98. The van der Waals surface area contributed by atoms with Crippen LogP contribution in [-0.2, 0) is 13.5 Å². The minimum atomic E-state index is -0.425. The van der Waals surface area contributed by atoms with E-state index >= 15 is 0 Å². The number of anilines is 1. The number of aromatic nitrogens is 3. The van der Waals surface area contributed by atoms with E-state index in [9.17, 15) is 9.59 Å². The number of carbonyl (C=O) groups is 2. The van der Waals surface area contributed by atoms with Crippen molar-refractivity contribution in [3.8, 4) is 17.4 Å². The molecule has 1 aliphatic heterocycles. The molecule has 2 aromatic heterocycles. The van der Waals surface area contributed by atoms with Crippen molar-refractivity contribution in [3.63, 3.8) is 0 Å². The molecule has 4 rings (SSSR count). The average molecular weight is 435 g/mol. The Morgan fingerprint density at radius 1 is 1.19 bits per heavy atom. The molecule has 0 unspecified atom stereocenters. The summed E-state index contributed by atoms with van der Waals surface area (Å²) in [5.41, 5.74) is 1.27. The van der Waals surface area contributed by atoms with E-state index in [0.29, 0.717) is 40.7 Å². The van der Waals surface area contributed by atoms with Gasteiger partial charge in [-0.05, 0) is 32.0 Å². The van der Waals surface area contributed by atoms with E-state index in [4.69, 9.17) is 9.47 Å². The van der Waals surface area contributed by atoms with Crippen molar-refractivity contribution in [2.45, 2.75) is 25.9 Å². The molecule has 9 heteroatoms. The van der Waals surface area contributed by atoms with Crippen LogP contribution in [-0.4, -0.2) is 51.2 Å². The summed E-state index contributed by atoms with van der Waals surface area (Å²) in [5.74, 6) is 1.37. The molecule has 3 aromatic rings. The molecular weight excluding hydrogens is 410 g/mol. The van der Waals surface area contributed by atoms with Crippen molar-refractivity contribution in [2.75, 3.05) is 19.4 Å². The third kappa shape index (κ3) is 4.41. The van der Waals surface area contributed by atoms with Crippen molar-refractivity contribution in [3.05, 3.63) is 59.4 Å². The molecule has 166 valence electrons. The Morgan fingerprint density at radius 3 is 2.59 bits per heavy atom. The minimum Gasteiger partial charge on any atom is -0.487 e. The summed E-state index contributed by atoms with van der Waals surface area (Å²) in [6.07, 6.45) is 3.84. The van der Waals surface area contributed by atoms with Crippen molar-refractivity contribution >= 4 is 17.6 Å². The monoisotopic (exact) mass is 435 g/mol. The molecule has 32 heavy (non-hydrogen) atoms. The highest BCUT2D eigenvalue weighted by Gasteiger charge is 2.34. The van der Waals surface area contributed by atoms with Crippen LogP contribution in [0.5, 0.6) is 17.4 Å². The molecule has 0 saturated heterocycles. The maximum atomic E-state index is 12.8. The molecule has 0 fully saturated rings. The molecule has 0 spiro atoms. The fourth-order valence-corrected chi connectivity index (χ4v) is 3.47. The average Bonchev–Trinajstić information content (AvgIpc) is 3.28. The first-order chi connectivity index (χ1) is 15.1. The molecular formula is C23H25N5O4. The second kappa shape index (κ2) is 7.99. The lowest BCUT2D eigenvalue weighted by molar-refractivity contribution is 0.0827. The largest absolute Gasteiger partial charge is 0.487 e. The lowest BCUT2D eigenvalue weighted by atomic mass is 9.99. The first-order valence-corrected chi connectivity index (χ1v) is 10.1. The summed E-state index contributed by atoms with van der Waals surface area (Å²) in [6.45, 7) is 3.95. The van der Waals surface area contributed by atoms with Crippen LogP contribution in [0.1, 0.15) is 40.1 Å². The summed E-state index contributed by atoms with van der Waals surface area (Å²) >= 11 is 0. The van der Waals surface area contributed by atoms with Gasteiger partial charge in [-0.25, -0.2) is 4.98 Å². The Hall–Kier alpha value is -3.88. The smallest absolute Gasteiger partial charge is 0.257 e. The van der Waals surface area contributed by atoms with Gasteiger partial charge >= 0.3 is 0 Å². The third-order valence-electron chi connectivity index (χ3n) is 4.98. The van der Waals surface area contributed by atoms with Gasteiger partial charge < -0.3 is 19.7 Å². The Morgan fingerprint density at radius 2 is 1.97 bits per heavy atom. The molecule has 0 aliphatic carbocycles. The molecule has 1 N–H and O–H groups in total. The lowest BCUT2D eigenvalue weighted by Crippen LogP contribution is -2.24. The highest BCUT2D eigenvalue weighted by molar-refractivity contribution is 6.04. The van der Waals surface area contributed by atoms with Crippen LogP contribution < -0.4 is 14.8 Å². The molecule has 1 aliphatic rings. The number of aryl methyl sites for hydroxylation is 1. The van der Waals surface area contributed by atoms with Crippen LogP contribution in [0.15, 0.2) is 42.7 Å². The normalized spacial score (nSPS) is 13.8. The first kappa shape index (κ1) is 21.4. The van der Waals surface area contributed by atoms with Crippen LogP contribution >= 0.6 is 0 Å². The SMILES string of the molecule is CN(C)C(=O)c1ccc(Oc2cc(C(=O)Nc3ccn(C)n3)cc3c2CC(C)(C)O3)nc1. The Labute approximate surface area is 186 Å². The van der Waals surface area contributed by atoms with Crippen molar-refractivity contribution < 1.29 is 19.1 Å². The number of fused-ring (bicyclic) bond motifs is 1. The molecule has 0 saturated carbocycles. The fraction of sp³-hybridized carbons (Fsp3) is 0.304. The van der Waals surface area contributed by atoms with Gasteiger partial charge in [-0.15, -0.1) is 0 Å². The minimum absolute atomic E-state index is 0.145. The zero-order valence-corrected chi connectivity index (χ0v) is 18.7. The number of pyridine rings is 1. The van der Waals surface area contributed by atoms with Crippen LogP contribution in [0.25, 0.3) is 0 Å². The van der Waals surface area contributed by atoms with Gasteiger partial charge in [0.2, 0.25) is 5.88 Å². The lowest BCUT2D eigenvalue weighted by Gasteiger charge is -2.16. The summed E-state index contributed by atoms with van der Waals surface area (Å²) in [6, 6.07) is 8.38. The van der Waals surface area contributed by atoms with Crippen LogP contribution in [0.2, 0.25) is 0 Å². The van der Waals surface area contributed by atoms with Gasteiger partial charge in [0.1, 0.15) is 17.1 Å². The Kier molecular flexibility index (Phi) is 5.33. The number of ether oxygens (including phenoxy) is 2. The first-order valence-electron chi connectivity index (χ1n) is 10.1. The maximum Gasteiger partial charge on any atom is 0.257 e. The number of amides is 2. The van der Waals surface area contributed by atoms with Crippen LogP contribution in [0.3, 0.4) is 0 Å². The zero-order valence-electron chi connectivity index (χ0n) is 18.7. The van der Waals surface area contributed by atoms with Gasteiger partial charge in [-0.1, -0.05) is 0 Å². The summed E-state index contributed by atoms with van der Waals surface area (Å²) in [5, 5.41) is 6.95. The topological polar surface area (TPSA) is 98.6 Å². The van der Waals surface area contributed by atoms with Gasteiger partial charge in [0.15, 0.2) is 5.82 Å². The molecule has 3 heterocycles. The predicted molar refractivity (Wildman–Crippen MR) is 118 cm³/mol. The molecule has 0 bridgehead atoms. The second-order valence-electron chi connectivity index (χ2n) is 8.51. The number of nitrogens with one attached hydrogen (secondary N) is 1. The van der Waals surface area contributed by atoms with E-state index in [0.717, 1.165) is 5.56 Å². The number of rotatable bonds is 5. The zero-order chi connectivity index (χ0) is 23.0. The van der Waals surface area contributed by atoms with E-state index in [1.54, 1.807) is 62.4 Å². The number of benzene rings is 1. The Balaban J connectivity index is 1.63. The van der Waals surface area contributed by atoms with Crippen LogP contribution in [0, 0.1) is 0 Å².